The Kier molecular flexibility index (Phi) is 6.77. The predicted octanol–water partition coefficient (Wildman–Crippen LogP) is 0.904. The minimum absolute atomic E-state index is 0.0660. The molecule has 0 aromatic rings. The van der Waals surface area contributed by atoms with E-state index in [-0.39, 0.29) is 25.0 Å². The number of hydrogen-bond acceptors (Lipinski definition) is 2. The SMILES string of the molecule is C#CCN(C)C(=O)NC(CCC)CC(=O)O. The third-order valence-electron chi connectivity index (χ3n) is 2.06. The molecule has 0 bridgehead atoms. The number of carbonyl (C=O) groups excluding carboxylic acids is 1. The summed E-state index contributed by atoms with van der Waals surface area (Å²) in [6.45, 7) is 2.14. The average molecular weight is 226 g/mol. The minimum Gasteiger partial charge on any atom is -0.481 e. The molecule has 0 aromatic heterocycles. The van der Waals surface area contributed by atoms with Gasteiger partial charge >= 0.3 is 12.0 Å². The van der Waals surface area contributed by atoms with Crippen LogP contribution < -0.4 is 5.32 Å². The molecule has 0 saturated heterocycles. The Morgan fingerprint density at radius 1 is 1.56 bits per heavy atom. The van der Waals surface area contributed by atoms with Gasteiger partial charge in [0.2, 0.25) is 0 Å². The van der Waals surface area contributed by atoms with Crippen molar-refractivity contribution in [2.45, 2.75) is 32.2 Å². The van der Waals surface area contributed by atoms with Crippen LogP contribution in [0, 0.1) is 12.3 Å². The van der Waals surface area contributed by atoms with Crippen molar-refractivity contribution in [2.24, 2.45) is 0 Å². The normalized spacial score (nSPS) is 11.3. The van der Waals surface area contributed by atoms with Gasteiger partial charge in [-0.3, -0.25) is 4.79 Å². The number of carboxylic acid groups (broad SMARTS) is 1. The summed E-state index contributed by atoms with van der Waals surface area (Å²) < 4.78 is 0. The smallest absolute Gasteiger partial charge is 0.318 e. The van der Waals surface area contributed by atoms with E-state index in [9.17, 15) is 9.59 Å². The largest absolute Gasteiger partial charge is 0.481 e. The number of urea groups is 1. The standard InChI is InChI=1S/C11H18N2O3/c1-4-6-9(8-10(14)15)12-11(16)13(3)7-5-2/h2,9H,4,6-8H2,1,3H3,(H,12,16)(H,14,15). The predicted molar refractivity (Wildman–Crippen MR) is 60.9 cm³/mol. The lowest BCUT2D eigenvalue weighted by atomic mass is 10.1. The van der Waals surface area contributed by atoms with E-state index in [0.29, 0.717) is 6.42 Å². The highest BCUT2D eigenvalue weighted by molar-refractivity contribution is 5.75. The molecule has 0 fully saturated rings. The van der Waals surface area contributed by atoms with Gasteiger partial charge in [0.05, 0.1) is 13.0 Å². The fraction of sp³-hybridized carbons (Fsp3) is 0.636. The lowest BCUT2D eigenvalue weighted by Gasteiger charge is -2.20. The maximum Gasteiger partial charge on any atom is 0.318 e. The molecular formula is C11H18N2O3. The zero-order valence-corrected chi connectivity index (χ0v) is 9.69. The van der Waals surface area contributed by atoms with Crippen molar-refractivity contribution in [1.29, 1.82) is 0 Å². The molecular weight excluding hydrogens is 208 g/mol. The van der Waals surface area contributed by atoms with E-state index < -0.39 is 5.97 Å². The van der Waals surface area contributed by atoms with Crippen molar-refractivity contribution in [2.75, 3.05) is 13.6 Å². The van der Waals surface area contributed by atoms with Crippen LogP contribution in [-0.4, -0.2) is 41.6 Å². The molecule has 16 heavy (non-hydrogen) atoms. The van der Waals surface area contributed by atoms with Crippen molar-refractivity contribution in [1.82, 2.24) is 10.2 Å². The summed E-state index contributed by atoms with van der Waals surface area (Å²) in [5.74, 6) is 1.42. The van der Waals surface area contributed by atoms with Gasteiger partial charge in [0.15, 0.2) is 0 Å². The molecule has 90 valence electrons. The van der Waals surface area contributed by atoms with E-state index in [1.165, 1.54) is 4.90 Å². The summed E-state index contributed by atoms with van der Waals surface area (Å²) >= 11 is 0. The van der Waals surface area contributed by atoms with Gasteiger partial charge in [0.25, 0.3) is 0 Å². The molecule has 0 aromatic carbocycles. The first-order valence-electron chi connectivity index (χ1n) is 5.18. The highest BCUT2D eigenvalue weighted by atomic mass is 16.4. The fourth-order valence-corrected chi connectivity index (χ4v) is 1.28. The third-order valence-corrected chi connectivity index (χ3v) is 2.06. The van der Waals surface area contributed by atoms with E-state index in [1.54, 1.807) is 7.05 Å². The topological polar surface area (TPSA) is 69.6 Å². The maximum absolute atomic E-state index is 11.5. The molecule has 5 heteroatoms. The Hall–Kier alpha value is -1.70. The van der Waals surface area contributed by atoms with E-state index in [2.05, 4.69) is 11.2 Å². The van der Waals surface area contributed by atoms with Crippen LogP contribution in [-0.2, 0) is 4.79 Å². The number of rotatable bonds is 6. The lowest BCUT2D eigenvalue weighted by Crippen LogP contribution is -2.44. The van der Waals surface area contributed by atoms with Gasteiger partial charge in [0.1, 0.15) is 0 Å². The number of carbonyl (C=O) groups is 2. The second kappa shape index (κ2) is 7.57. The summed E-state index contributed by atoms with van der Waals surface area (Å²) in [5, 5.41) is 11.3. The number of hydrogen-bond donors (Lipinski definition) is 2. The Bertz CT molecular complexity index is 283. The summed E-state index contributed by atoms with van der Waals surface area (Å²) in [7, 11) is 1.57. The van der Waals surface area contributed by atoms with Gasteiger partial charge in [-0.05, 0) is 6.42 Å². The number of terminal acetylenes is 1. The fourth-order valence-electron chi connectivity index (χ4n) is 1.28. The van der Waals surface area contributed by atoms with E-state index in [1.807, 2.05) is 6.92 Å². The molecule has 2 N–H and O–H groups in total. The number of aliphatic carboxylic acids is 1. The summed E-state index contributed by atoms with van der Waals surface area (Å²) in [5.41, 5.74) is 0. The Balaban J connectivity index is 4.22. The molecule has 0 saturated carbocycles. The van der Waals surface area contributed by atoms with E-state index in [0.717, 1.165) is 6.42 Å². The number of nitrogens with one attached hydrogen (secondary N) is 1. The summed E-state index contributed by atoms with van der Waals surface area (Å²) in [6.07, 6.45) is 6.46. The van der Waals surface area contributed by atoms with Crippen LogP contribution in [0.25, 0.3) is 0 Å². The molecule has 0 radical (unpaired) electrons. The molecule has 2 amide bonds. The first-order chi connectivity index (χ1) is 7.51. The third kappa shape index (κ3) is 5.91. The molecule has 1 unspecified atom stereocenters. The maximum atomic E-state index is 11.5. The minimum atomic E-state index is -0.918. The first kappa shape index (κ1) is 14.3. The van der Waals surface area contributed by atoms with Crippen LogP contribution >= 0.6 is 0 Å². The second-order valence-electron chi connectivity index (χ2n) is 3.59. The number of amides is 2. The monoisotopic (exact) mass is 226 g/mol. The number of nitrogens with zero attached hydrogens (tertiary/aromatic N) is 1. The molecule has 0 aliphatic carbocycles. The average Bonchev–Trinajstić information content (AvgIpc) is 2.17. The molecule has 0 rings (SSSR count). The van der Waals surface area contributed by atoms with Crippen LogP contribution in [0.15, 0.2) is 0 Å². The van der Waals surface area contributed by atoms with Gasteiger partial charge in [-0.15, -0.1) is 6.42 Å². The van der Waals surface area contributed by atoms with Crippen LogP contribution in [0.1, 0.15) is 26.2 Å². The van der Waals surface area contributed by atoms with Crippen molar-refractivity contribution >= 4 is 12.0 Å². The summed E-state index contributed by atoms with van der Waals surface area (Å²) in [6, 6.07) is -0.673. The molecule has 1 atom stereocenters. The zero-order valence-electron chi connectivity index (χ0n) is 9.69. The van der Waals surface area contributed by atoms with Gasteiger partial charge in [-0.25, -0.2) is 4.79 Å². The van der Waals surface area contributed by atoms with Crippen molar-refractivity contribution < 1.29 is 14.7 Å². The molecule has 0 aliphatic rings. The molecule has 0 heterocycles. The summed E-state index contributed by atoms with van der Waals surface area (Å²) in [4.78, 5) is 23.4. The van der Waals surface area contributed by atoms with E-state index >= 15 is 0 Å². The van der Waals surface area contributed by atoms with Gasteiger partial charge < -0.3 is 15.3 Å². The van der Waals surface area contributed by atoms with Crippen LogP contribution in [0.2, 0.25) is 0 Å². The van der Waals surface area contributed by atoms with Gasteiger partial charge in [-0.2, -0.15) is 0 Å². The highest BCUT2D eigenvalue weighted by Gasteiger charge is 2.16. The quantitative estimate of drug-likeness (QED) is 0.661. The Morgan fingerprint density at radius 2 is 2.19 bits per heavy atom. The lowest BCUT2D eigenvalue weighted by molar-refractivity contribution is -0.137. The zero-order chi connectivity index (χ0) is 12.6. The van der Waals surface area contributed by atoms with Crippen molar-refractivity contribution in [3.8, 4) is 12.3 Å². The van der Waals surface area contributed by atoms with Crippen LogP contribution in [0.3, 0.4) is 0 Å². The number of carboxylic acids is 1. The van der Waals surface area contributed by atoms with Crippen molar-refractivity contribution in [3.63, 3.8) is 0 Å². The van der Waals surface area contributed by atoms with Gasteiger partial charge in [0, 0.05) is 13.1 Å². The molecule has 5 nitrogen and oxygen atoms in total. The Morgan fingerprint density at radius 3 is 2.62 bits per heavy atom. The second-order valence-corrected chi connectivity index (χ2v) is 3.59. The highest BCUT2D eigenvalue weighted by Crippen LogP contribution is 2.02. The molecule has 0 spiro atoms. The van der Waals surface area contributed by atoms with Crippen LogP contribution in [0.5, 0.6) is 0 Å². The first-order valence-corrected chi connectivity index (χ1v) is 5.18. The Labute approximate surface area is 95.8 Å². The van der Waals surface area contributed by atoms with Crippen molar-refractivity contribution in [3.05, 3.63) is 0 Å². The van der Waals surface area contributed by atoms with Crippen LogP contribution in [0.4, 0.5) is 4.79 Å². The van der Waals surface area contributed by atoms with E-state index in [4.69, 9.17) is 11.5 Å². The van der Waals surface area contributed by atoms with Gasteiger partial charge in [-0.1, -0.05) is 19.3 Å². The molecule has 0 aliphatic heterocycles.